The molecule has 2 aliphatic rings. The van der Waals surface area contributed by atoms with Gasteiger partial charge >= 0.3 is 0 Å². The van der Waals surface area contributed by atoms with Gasteiger partial charge in [-0.1, -0.05) is 73.3 Å². The fraction of sp³-hybridized carbons (Fsp3) is 0.667. The summed E-state index contributed by atoms with van der Waals surface area (Å²) in [6.07, 6.45) is 11.4. The van der Waals surface area contributed by atoms with Crippen molar-refractivity contribution in [1.82, 2.24) is 36.1 Å². The summed E-state index contributed by atoms with van der Waals surface area (Å²) in [4.78, 5) is 90.8. The van der Waals surface area contributed by atoms with Crippen LogP contribution in [0, 0.1) is 23.2 Å². The van der Waals surface area contributed by atoms with Crippen LogP contribution >= 0.6 is 0 Å². The number of Topliss-reactive ketones (excluding diaryl/α,β-unsaturated/α-hetero) is 1. The van der Waals surface area contributed by atoms with Crippen molar-refractivity contribution in [2.24, 2.45) is 23.2 Å². The van der Waals surface area contributed by atoms with Crippen molar-refractivity contribution >= 4 is 35.3 Å². The summed E-state index contributed by atoms with van der Waals surface area (Å²) in [5.74, 6) is -3.82. The van der Waals surface area contributed by atoms with E-state index in [1.165, 1.54) is 29.6 Å². The number of hydrogen-bond acceptors (Lipinski definition) is 8. The van der Waals surface area contributed by atoms with Crippen molar-refractivity contribution in [2.75, 3.05) is 13.1 Å². The fourth-order valence-electron chi connectivity index (χ4n) is 6.87. The van der Waals surface area contributed by atoms with E-state index in [0.717, 1.165) is 32.1 Å². The number of aromatic nitrogens is 2. The number of nitrogens with one attached hydrogen (secondary N) is 4. The highest BCUT2D eigenvalue weighted by Crippen LogP contribution is 2.34. The summed E-state index contributed by atoms with van der Waals surface area (Å²) in [5.41, 5.74) is -0.678. The van der Waals surface area contributed by atoms with Crippen molar-refractivity contribution in [3.63, 3.8) is 0 Å². The molecule has 270 valence electrons. The SMILES string of the molecule is C=CCNC(=O)C(=O)C(CCC)NC(=O)[C@@H]1[C@@H](C(C)C)CCN1C(=O)[C@@H](NC(=O)[C@@H](NC(=O)c1cnccn1)C1CCCCC1)C(C)(C)C. The number of amides is 5. The second kappa shape index (κ2) is 18.0. The van der Waals surface area contributed by atoms with Gasteiger partial charge in [0.1, 0.15) is 23.8 Å². The zero-order valence-electron chi connectivity index (χ0n) is 29.9. The van der Waals surface area contributed by atoms with E-state index in [1.807, 2.05) is 41.5 Å². The molecule has 0 aromatic carbocycles. The number of ketones is 1. The van der Waals surface area contributed by atoms with Gasteiger partial charge in [-0.2, -0.15) is 0 Å². The molecular weight excluding hydrogens is 626 g/mol. The number of carbonyl (C=O) groups excluding carboxylic acids is 6. The smallest absolute Gasteiger partial charge is 0.289 e. The molecule has 0 radical (unpaired) electrons. The number of likely N-dealkylation sites (tertiary alicyclic amines) is 1. The number of rotatable bonds is 15. The van der Waals surface area contributed by atoms with Crippen LogP contribution < -0.4 is 21.3 Å². The maximum atomic E-state index is 14.5. The summed E-state index contributed by atoms with van der Waals surface area (Å²) in [6, 6.07) is -3.90. The molecule has 13 heteroatoms. The minimum Gasteiger partial charge on any atom is -0.346 e. The van der Waals surface area contributed by atoms with Crippen LogP contribution in [0.4, 0.5) is 0 Å². The van der Waals surface area contributed by atoms with Gasteiger partial charge in [0.05, 0.1) is 12.2 Å². The standard InChI is InChI=1S/C36H55N7O6/c1-8-13-25(29(44)34(48)39-17-9-2)40-33(47)28-24(22(3)4)16-20-43(28)35(49)30(36(5,6)7)42-32(46)27(23-14-11-10-12-15-23)41-31(45)26-21-37-18-19-38-26/h9,18-19,21-25,27-28,30H,2,8,10-17,20H2,1,3-7H3,(H,39,48)(H,40,47)(H,41,45)(H,42,46)/t24-,25?,27+,28+,30-/m1/s1. The molecule has 1 saturated heterocycles. The molecule has 4 N–H and O–H groups in total. The minimum atomic E-state index is -1.06. The highest BCUT2D eigenvalue weighted by atomic mass is 16.2. The molecule has 49 heavy (non-hydrogen) atoms. The van der Waals surface area contributed by atoms with Crippen LogP contribution in [-0.4, -0.2) is 87.4 Å². The Morgan fingerprint density at radius 3 is 2.27 bits per heavy atom. The Labute approximate surface area is 290 Å². The third kappa shape index (κ3) is 10.4. The molecule has 13 nitrogen and oxygen atoms in total. The van der Waals surface area contributed by atoms with Crippen molar-refractivity contribution in [3.8, 4) is 0 Å². The number of hydrogen-bond donors (Lipinski definition) is 4. The summed E-state index contributed by atoms with van der Waals surface area (Å²) in [5, 5.41) is 11.1. The largest absolute Gasteiger partial charge is 0.346 e. The highest BCUT2D eigenvalue weighted by molar-refractivity contribution is 6.38. The molecule has 1 aliphatic carbocycles. The van der Waals surface area contributed by atoms with E-state index in [1.54, 1.807) is 0 Å². The third-order valence-corrected chi connectivity index (χ3v) is 9.58. The third-order valence-electron chi connectivity index (χ3n) is 9.58. The molecule has 1 unspecified atom stereocenters. The maximum absolute atomic E-state index is 14.5. The quantitative estimate of drug-likeness (QED) is 0.161. The predicted octanol–water partition coefficient (Wildman–Crippen LogP) is 2.72. The molecule has 3 rings (SSSR count). The van der Waals surface area contributed by atoms with Crippen LogP contribution in [0.5, 0.6) is 0 Å². The summed E-state index contributed by atoms with van der Waals surface area (Å²) < 4.78 is 0. The van der Waals surface area contributed by atoms with E-state index in [9.17, 15) is 28.8 Å². The van der Waals surface area contributed by atoms with Gasteiger partial charge in [0.15, 0.2) is 0 Å². The number of nitrogens with zero attached hydrogens (tertiary/aromatic N) is 3. The first-order valence-corrected chi connectivity index (χ1v) is 17.6. The summed E-state index contributed by atoms with van der Waals surface area (Å²) in [6.45, 7) is 15.3. The van der Waals surface area contributed by atoms with Crippen LogP contribution in [-0.2, 0) is 24.0 Å². The van der Waals surface area contributed by atoms with E-state index in [4.69, 9.17) is 0 Å². The lowest BCUT2D eigenvalue weighted by atomic mass is 9.82. The predicted molar refractivity (Wildman–Crippen MR) is 185 cm³/mol. The summed E-state index contributed by atoms with van der Waals surface area (Å²) in [7, 11) is 0. The van der Waals surface area contributed by atoms with Crippen molar-refractivity contribution in [1.29, 1.82) is 0 Å². The van der Waals surface area contributed by atoms with Crippen molar-refractivity contribution in [3.05, 3.63) is 36.9 Å². The van der Waals surface area contributed by atoms with E-state index < -0.39 is 64.9 Å². The Morgan fingerprint density at radius 1 is 1.00 bits per heavy atom. The Morgan fingerprint density at radius 2 is 1.69 bits per heavy atom. The molecular formula is C36H55N7O6. The molecule has 1 saturated carbocycles. The van der Waals surface area contributed by atoms with Crippen molar-refractivity contribution in [2.45, 2.75) is 117 Å². The van der Waals surface area contributed by atoms with Crippen LogP contribution in [0.25, 0.3) is 0 Å². The van der Waals surface area contributed by atoms with Crippen molar-refractivity contribution < 1.29 is 28.8 Å². The average Bonchev–Trinajstić information content (AvgIpc) is 3.54. The maximum Gasteiger partial charge on any atom is 0.289 e. The van der Waals surface area contributed by atoms with E-state index in [-0.39, 0.29) is 43.0 Å². The van der Waals surface area contributed by atoms with Gasteiger partial charge in [-0.25, -0.2) is 4.98 Å². The molecule has 1 aromatic rings. The van der Waals surface area contributed by atoms with E-state index >= 15 is 0 Å². The first-order valence-electron chi connectivity index (χ1n) is 17.6. The number of carbonyl (C=O) groups is 6. The van der Waals surface area contributed by atoms with Crippen LogP contribution in [0.15, 0.2) is 31.2 Å². The normalized spacial score (nSPS) is 20.1. The topological polar surface area (TPSA) is 180 Å². The first-order chi connectivity index (χ1) is 23.2. The lowest BCUT2D eigenvalue weighted by molar-refractivity contribution is -0.146. The van der Waals surface area contributed by atoms with E-state index in [2.05, 4.69) is 37.8 Å². The molecule has 0 spiro atoms. The van der Waals surface area contributed by atoms with Gasteiger partial charge in [0.2, 0.25) is 23.5 Å². The second-order valence-electron chi connectivity index (χ2n) is 14.6. The molecule has 5 atom stereocenters. The Hall–Kier alpha value is -4.16. The molecule has 5 amide bonds. The first kappa shape index (κ1) is 39.3. The van der Waals surface area contributed by atoms with Gasteiger partial charge in [-0.05, 0) is 48.9 Å². The monoisotopic (exact) mass is 681 g/mol. The Balaban J connectivity index is 1.89. The molecule has 2 fully saturated rings. The Kier molecular flexibility index (Phi) is 14.4. The zero-order valence-corrected chi connectivity index (χ0v) is 29.9. The Bertz CT molecular complexity index is 1340. The average molecular weight is 682 g/mol. The van der Waals surface area contributed by atoms with Crippen LogP contribution in [0.2, 0.25) is 0 Å². The van der Waals surface area contributed by atoms with Gasteiger partial charge in [-0.15, -0.1) is 6.58 Å². The van der Waals surface area contributed by atoms with Gasteiger partial charge < -0.3 is 26.2 Å². The molecule has 1 aromatic heterocycles. The minimum absolute atomic E-state index is 0.0272. The van der Waals surface area contributed by atoms with Gasteiger partial charge in [0.25, 0.3) is 11.8 Å². The fourth-order valence-corrected chi connectivity index (χ4v) is 6.87. The van der Waals surface area contributed by atoms with Crippen LogP contribution in [0.1, 0.15) is 103 Å². The highest BCUT2D eigenvalue weighted by Gasteiger charge is 2.48. The second-order valence-corrected chi connectivity index (χ2v) is 14.6. The molecule has 1 aliphatic heterocycles. The van der Waals surface area contributed by atoms with E-state index in [0.29, 0.717) is 12.8 Å². The van der Waals surface area contributed by atoms with Gasteiger partial charge in [0, 0.05) is 25.5 Å². The molecule has 0 bridgehead atoms. The zero-order chi connectivity index (χ0) is 36.3. The molecule has 2 heterocycles. The van der Waals surface area contributed by atoms with Gasteiger partial charge in [-0.3, -0.25) is 33.8 Å². The lowest BCUT2D eigenvalue weighted by Gasteiger charge is -2.38. The summed E-state index contributed by atoms with van der Waals surface area (Å²) >= 11 is 0. The van der Waals surface area contributed by atoms with Crippen LogP contribution in [0.3, 0.4) is 0 Å². The lowest BCUT2D eigenvalue weighted by Crippen LogP contribution is -2.62.